The number of hydrogen-bond donors (Lipinski definition) is 2. The lowest BCUT2D eigenvalue weighted by molar-refractivity contribution is 0.0932. The van der Waals surface area contributed by atoms with E-state index in [1.807, 2.05) is 12.1 Å². The molecule has 4 rings (SSSR count). The van der Waals surface area contributed by atoms with Crippen LogP contribution in [0, 0.1) is 6.92 Å². The van der Waals surface area contributed by atoms with E-state index >= 15 is 0 Å². The lowest BCUT2D eigenvalue weighted by Gasteiger charge is -2.26. The van der Waals surface area contributed by atoms with Gasteiger partial charge in [0.1, 0.15) is 0 Å². The van der Waals surface area contributed by atoms with Gasteiger partial charge in [0.05, 0.1) is 16.6 Å². The Kier molecular flexibility index (Phi) is 5.59. The van der Waals surface area contributed by atoms with Gasteiger partial charge in [0.25, 0.3) is 15.9 Å². The molecule has 0 spiro atoms. The fourth-order valence-electron chi connectivity index (χ4n) is 3.87. The zero-order valence-electron chi connectivity index (χ0n) is 16.8. The largest absolute Gasteiger partial charge is 0.345 e. The Balaban J connectivity index is 1.50. The molecule has 3 aromatic rings. The summed E-state index contributed by atoms with van der Waals surface area (Å²) >= 11 is 0. The number of carbonyl (C=O) groups is 1. The minimum absolute atomic E-state index is 0.000911. The van der Waals surface area contributed by atoms with Crippen molar-refractivity contribution < 1.29 is 13.2 Å². The fourth-order valence-corrected chi connectivity index (χ4v) is 5.02. The van der Waals surface area contributed by atoms with Crippen molar-refractivity contribution in [3.8, 4) is 0 Å². The number of fused-ring (bicyclic) bond motifs is 1. The molecule has 1 amide bonds. The molecule has 30 heavy (non-hydrogen) atoms. The van der Waals surface area contributed by atoms with Gasteiger partial charge in [-0.25, -0.2) is 8.42 Å². The highest BCUT2D eigenvalue weighted by Gasteiger charge is 2.22. The Bertz CT molecular complexity index is 1170. The smallest absolute Gasteiger partial charge is 0.261 e. The second kappa shape index (κ2) is 8.32. The summed E-state index contributed by atoms with van der Waals surface area (Å²) in [4.78, 5) is 13.0. The van der Waals surface area contributed by atoms with E-state index in [2.05, 4.69) is 22.2 Å². The van der Waals surface area contributed by atoms with Gasteiger partial charge in [0.15, 0.2) is 0 Å². The molecule has 6 heteroatoms. The summed E-state index contributed by atoms with van der Waals surface area (Å²) in [5, 5.41) is 3.13. The number of carbonyl (C=O) groups excluding carboxylic acids is 1. The summed E-state index contributed by atoms with van der Waals surface area (Å²) in [6.07, 6.45) is 3.00. The van der Waals surface area contributed by atoms with Gasteiger partial charge in [-0.05, 0) is 73.2 Å². The predicted molar refractivity (Wildman–Crippen MR) is 118 cm³/mol. The third-order valence-corrected chi connectivity index (χ3v) is 6.84. The number of sulfonamides is 1. The van der Waals surface area contributed by atoms with Crippen molar-refractivity contribution in [1.82, 2.24) is 5.32 Å². The van der Waals surface area contributed by atoms with E-state index in [9.17, 15) is 13.2 Å². The van der Waals surface area contributed by atoms with Crippen LogP contribution in [0.2, 0.25) is 0 Å². The van der Waals surface area contributed by atoms with Gasteiger partial charge in [0.2, 0.25) is 0 Å². The molecule has 1 aliphatic carbocycles. The Hall–Kier alpha value is -3.12. The summed E-state index contributed by atoms with van der Waals surface area (Å²) in [6, 6.07) is 21.4. The van der Waals surface area contributed by atoms with E-state index in [-0.39, 0.29) is 16.8 Å². The second-order valence-corrected chi connectivity index (χ2v) is 9.25. The Morgan fingerprint density at radius 3 is 2.47 bits per heavy atom. The summed E-state index contributed by atoms with van der Waals surface area (Å²) in [7, 11) is -3.68. The van der Waals surface area contributed by atoms with Crippen molar-refractivity contribution in [2.75, 3.05) is 4.72 Å². The molecule has 0 saturated carbocycles. The van der Waals surface area contributed by atoms with Crippen LogP contribution in [0.15, 0.2) is 77.7 Å². The zero-order chi connectivity index (χ0) is 21.1. The first kappa shape index (κ1) is 20.2. The SMILES string of the molecule is Cc1cc(C(=O)N[C@@H]2CCCc3ccccc32)ccc1NS(=O)(=O)c1ccccc1. The van der Waals surface area contributed by atoms with E-state index in [0.717, 1.165) is 19.3 Å². The van der Waals surface area contributed by atoms with Crippen LogP contribution in [0.1, 0.15) is 45.9 Å². The summed E-state index contributed by atoms with van der Waals surface area (Å²) in [6.45, 7) is 1.79. The first-order valence-corrected chi connectivity index (χ1v) is 11.5. The molecule has 0 bridgehead atoms. The van der Waals surface area contributed by atoms with Gasteiger partial charge in [-0.2, -0.15) is 0 Å². The van der Waals surface area contributed by atoms with Crippen LogP contribution in [0.25, 0.3) is 0 Å². The topological polar surface area (TPSA) is 75.3 Å². The van der Waals surface area contributed by atoms with Crippen LogP contribution in [0.4, 0.5) is 5.69 Å². The minimum atomic E-state index is -3.68. The van der Waals surface area contributed by atoms with E-state index in [0.29, 0.717) is 16.8 Å². The van der Waals surface area contributed by atoms with Crippen LogP contribution in [0.3, 0.4) is 0 Å². The van der Waals surface area contributed by atoms with Gasteiger partial charge in [-0.15, -0.1) is 0 Å². The van der Waals surface area contributed by atoms with Crippen LogP contribution < -0.4 is 10.0 Å². The lowest BCUT2D eigenvalue weighted by Crippen LogP contribution is -2.31. The van der Waals surface area contributed by atoms with Gasteiger partial charge in [-0.1, -0.05) is 42.5 Å². The monoisotopic (exact) mass is 420 g/mol. The highest BCUT2D eigenvalue weighted by atomic mass is 32.2. The lowest BCUT2D eigenvalue weighted by atomic mass is 9.87. The Morgan fingerprint density at radius 2 is 1.70 bits per heavy atom. The van der Waals surface area contributed by atoms with Crippen LogP contribution in [0.5, 0.6) is 0 Å². The number of hydrogen-bond acceptors (Lipinski definition) is 3. The summed E-state index contributed by atoms with van der Waals surface area (Å²) < 4.78 is 27.7. The molecule has 0 aliphatic heterocycles. The van der Waals surface area contributed by atoms with Crippen LogP contribution in [-0.4, -0.2) is 14.3 Å². The summed E-state index contributed by atoms with van der Waals surface area (Å²) in [5.41, 5.74) is 4.12. The summed E-state index contributed by atoms with van der Waals surface area (Å²) in [5.74, 6) is -0.155. The Morgan fingerprint density at radius 1 is 0.967 bits per heavy atom. The second-order valence-electron chi connectivity index (χ2n) is 7.57. The molecule has 5 nitrogen and oxygen atoms in total. The highest BCUT2D eigenvalue weighted by Crippen LogP contribution is 2.30. The molecule has 1 atom stereocenters. The molecular weight excluding hydrogens is 396 g/mol. The third kappa shape index (κ3) is 4.24. The first-order chi connectivity index (χ1) is 14.4. The predicted octanol–water partition coefficient (Wildman–Crippen LogP) is 4.60. The van der Waals surface area contributed by atoms with Crippen LogP contribution >= 0.6 is 0 Å². The molecule has 2 N–H and O–H groups in total. The van der Waals surface area contributed by atoms with E-state index in [1.54, 1.807) is 55.5 Å². The quantitative estimate of drug-likeness (QED) is 0.633. The molecule has 0 radical (unpaired) electrons. The molecule has 0 fully saturated rings. The molecular formula is C24H24N2O3S. The fraction of sp³-hybridized carbons (Fsp3) is 0.208. The third-order valence-electron chi connectivity index (χ3n) is 5.46. The minimum Gasteiger partial charge on any atom is -0.345 e. The van der Waals surface area contributed by atoms with Gasteiger partial charge in [-0.3, -0.25) is 9.52 Å². The number of aryl methyl sites for hydroxylation is 2. The van der Waals surface area contributed by atoms with Crippen molar-refractivity contribution in [3.63, 3.8) is 0 Å². The first-order valence-electron chi connectivity index (χ1n) is 10.0. The van der Waals surface area contributed by atoms with Crippen molar-refractivity contribution in [1.29, 1.82) is 0 Å². The van der Waals surface area contributed by atoms with Crippen LogP contribution in [-0.2, 0) is 16.4 Å². The molecule has 3 aromatic carbocycles. The molecule has 154 valence electrons. The molecule has 0 heterocycles. The highest BCUT2D eigenvalue weighted by molar-refractivity contribution is 7.92. The zero-order valence-corrected chi connectivity index (χ0v) is 17.6. The maximum absolute atomic E-state index is 12.8. The van der Waals surface area contributed by atoms with E-state index in [1.165, 1.54) is 11.1 Å². The number of anilines is 1. The van der Waals surface area contributed by atoms with E-state index in [4.69, 9.17) is 0 Å². The number of rotatable bonds is 5. The number of benzene rings is 3. The normalized spacial score (nSPS) is 15.8. The standard InChI is InChI=1S/C24H24N2O3S/c1-17-16-19(14-15-22(17)26-30(28,29)20-10-3-2-4-11-20)24(27)25-23-13-7-9-18-8-5-6-12-21(18)23/h2-6,8,10-12,14-16,23,26H,7,9,13H2,1H3,(H,25,27)/t23-/m1/s1. The average Bonchev–Trinajstić information content (AvgIpc) is 2.76. The maximum atomic E-state index is 12.8. The molecule has 1 aliphatic rings. The molecule has 0 unspecified atom stereocenters. The Labute approximate surface area is 177 Å². The van der Waals surface area contributed by atoms with Gasteiger partial charge in [0, 0.05) is 5.56 Å². The number of nitrogens with one attached hydrogen (secondary N) is 2. The van der Waals surface area contributed by atoms with Gasteiger partial charge >= 0.3 is 0 Å². The van der Waals surface area contributed by atoms with Crippen molar-refractivity contribution in [3.05, 3.63) is 95.1 Å². The number of amides is 1. The van der Waals surface area contributed by atoms with Gasteiger partial charge < -0.3 is 5.32 Å². The van der Waals surface area contributed by atoms with Crippen molar-refractivity contribution >= 4 is 21.6 Å². The molecule has 0 aromatic heterocycles. The van der Waals surface area contributed by atoms with Crippen molar-refractivity contribution in [2.45, 2.75) is 37.1 Å². The maximum Gasteiger partial charge on any atom is 0.261 e. The van der Waals surface area contributed by atoms with E-state index < -0.39 is 10.0 Å². The van der Waals surface area contributed by atoms with Crippen molar-refractivity contribution in [2.24, 2.45) is 0 Å². The average molecular weight is 421 g/mol. The molecule has 0 saturated heterocycles.